The fourth-order valence-electron chi connectivity index (χ4n) is 2.00. The highest BCUT2D eigenvalue weighted by Gasteiger charge is 2.25. The molecule has 0 spiro atoms. The number of hydrogen-bond donors (Lipinski definition) is 3. The van der Waals surface area contributed by atoms with Gasteiger partial charge in [0.25, 0.3) is 10.1 Å². The molecule has 2 rings (SSSR count). The zero-order valence-corrected chi connectivity index (χ0v) is 10.4. The predicted octanol–water partition coefficient (Wildman–Crippen LogP) is 1.31. The van der Waals surface area contributed by atoms with E-state index in [9.17, 15) is 13.0 Å². The van der Waals surface area contributed by atoms with Crippen LogP contribution in [-0.2, 0) is 10.1 Å². The Morgan fingerprint density at radius 1 is 1.22 bits per heavy atom. The van der Waals surface area contributed by atoms with E-state index in [4.69, 9.17) is 11.5 Å². The van der Waals surface area contributed by atoms with E-state index in [0.717, 1.165) is 5.39 Å². The second-order valence-electron chi connectivity index (χ2n) is 4.07. The van der Waals surface area contributed by atoms with Gasteiger partial charge in [0.2, 0.25) is 0 Å². The third kappa shape index (κ3) is 2.31. The van der Waals surface area contributed by atoms with Crippen LogP contribution in [0.5, 0.6) is 0 Å². The van der Waals surface area contributed by atoms with Gasteiger partial charge < -0.3 is 11.5 Å². The molecule has 1 unspecified atom stereocenters. The maximum absolute atomic E-state index is 11.3. The minimum atomic E-state index is -4.24. The van der Waals surface area contributed by atoms with Crippen molar-refractivity contribution < 1.29 is 13.0 Å². The number of nitrogen functional groups attached to an aromatic ring is 1. The zero-order valence-electron chi connectivity index (χ0n) is 9.58. The molecule has 0 aliphatic rings. The summed E-state index contributed by atoms with van der Waals surface area (Å²) in [5.41, 5.74) is 12.1. The standard InChI is InChI=1S/C12H14N2O3S/c13-7-12(18(15,16)17)10-3-1-2-8-4-5-9(14)6-11(8)10/h1-6,12H,7,13-14H2,(H,15,16,17). The molecule has 0 aliphatic heterocycles. The van der Waals surface area contributed by atoms with Crippen molar-refractivity contribution >= 4 is 26.6 Å². The number of benzene rings is 2. The zero-order chi connectivity index (χ0) is 13.3. The Kier molecular flexibility index (Phi) is 3.25. The van der Waals surface area contributed by atoms with Gasteiger partial charge in [-0.2, -0.15) is 8.42 Å². The van der Waals surface area contributed by atoms with Crippen molar-refractivity contribution in [2.45, 2.75) is 5.25 Å². The van der Waals surface area contributed by atoms with Gasteiger partial charge >= 0.3 is 0 Å². The quantitative estimate of drug-likeness (QED) is 0.573. The molecule has 0 bridgehead atoms. The maximum Gasteiger partial charge on any atom is 0.273 e. The molecule has 2 aromatic carbocycles. The molecule has 5 N–H and O–H groups in total. The number of nitrogens with two attached hydrogens (primary N) is 2. The summed E-state index contributed by atoms with van der Waals surface area (Å²) in [4.78, 5) is 0. The first-order valence-electron chi connectivity index (χ1n) is 5.38. The Morgan fingerprint density at radius 2 is 1.94 bits per heavy atom. The highest BCUT2D eigenvalue weighted by atomic mass is 32.2. The third-order valence-electron chi connectivity index (χ3n) is 2.86. The highest BCUT2D eigenvalue weighted by Crippen LogP contribution is 2.29. The predicted molar refractivity (Wildman–Crippen MR) is 71.7 cm³/mol. The molecule has 0 saturated carbocycles. The Labute approximate surface area is 105 Å². The number of rotatable bonds is 3. The first-order chi connectivity index (χ1) is 8.43. The average Bonchev–Trinajstić information content (AvgIpc) is 2.28. The average molecular weight is 266 g/mol. The van der Waals surface area contributed by atoms with Crippen LogP contribution in [0, 0.1) is 0 Å². The molecular formula is C12H14N2O3S. The van der Waals surface area contributed by atoms with Gasteiger partial charge in [-0.05, 0) is 28.5 Å². The molecule has 0 fully saturated rings. The molecular weight excluding hydrogens is 252 g/mol. The van der Waals surface area contributed by atoms with Crippen LogP contribution in [0.4, 0.5) is 5.69 Å². The fraction of sp³-hybridized carbons (Fsp3) is 0.167. The summed E-state index contributed by atoms with van der Waals surface area (Å²) in [6.07, 6.45) is 0. The first-order valence-corrected chi connectivity index (χ1v) is 6.88. The number of hydrogen-bond acceptors (Lipinski definition) is 4. The van der Waals surface area contributed by atoms with Gasteiger partial charge in [0.15, 0.2) is 0 Å². The van der Waals surface area contributed by atoms with Gasteiger partial charge in [0, 0.05) is 12.2 Å². The molecule has 0 saturated heterocycles. The highest BCUT2D eigenvalue weighted by molar-refractivity contribution is 7.86. The van der Waals surface area contributed by atoms with Crippen molar-refractivity contribution in [2.75, 3.05) is 12.3 Å². The Bertz CT molecular complexity index is 683. The molecule has 18 heavy (non-hydrogen) atoms. The Balaban J connectivity index is 2.74. The molecule has 2 aromatic rings. The van der Waals surface area contributed by atoms with Crippen LogP contribution in [0.2, 0.25) is 0 Å². The molecule has 1 atom stereocenters. The fourth-order valence-corrected chi connectivity index (χ4v) is 2.77. The van der Waals surface area contributed by atoms with Gasteiger partial charge in [-0.25, -0.2) is 0 Å². The number of anilines is 1. The smallest absolute Gasteiger partial charge is 0.273 e. The van der Waals surface area contributed by atoms with Gasteiger partial charge in [-0.15, -0.1) is 0 Å². The minimum absolute atomic E-state index is 0.188. The lowest BCUT2D eigenvalue weighted by atomic mass is 10.0. The van der Waals surface area contributed by atoms with Crippen molar-refractivity contribution in [1.82, 2.24) is 0 Å². The van der Waals surface area contributed by atoms with Gasteiger partial charge in [0.05, 0.1) is 0 Å². The molecule has 6 heteroatoms. The second kappa shape index (κ2) is 4.56. The van der Waals surface area contributed by atoms with E-state index in [1.165, 1.54) is 0 Å². The lowest BCUT2D eigenvalue weighted by Crippen LogP contribution is -2.21. The van der Waals surface area contributed by atoms with Crippen molar-refractivity contribution in [1.29, 1.82) is 0 Å². The largest absolute Gasteiger partial charge is 0.399 e. The Hall–Kier alpha value is -1.63. The topological polar surface area (TPSA) is 106 Å². The molecule has 96 valence electrons. The van der Waals surface area contributed by atoms with Crippen molar-refractivity contribution in [2.24, 2.45) is 5.73 Å². The summed E-state index contributed by atoms with van der Waals surface area (Å²) in [5, 5.41) is 0.400. The maximum atomic E-state index is 11.3. The van der Waals surface area contributed by atoms with E-state index in [-0.39, 0.29) is 6.54 Å². The van der Waals surface area contributed by atoms with Crippen LogP contribution in [0.15, 0.2) is 36.4 Å². The molecule has 0 radical (unpaired) electrons. The Morgan fingerprint density at radius 3 is 2.56 bits per heavy atom. The van der Waals surface area contributed by atoms with Crippen LogP contribution in [0.25, 0.3) is 10.8 Å². The SMILES string of the molecule is NCC(c1cccc2ccc(N)cc12)S(=O)(=O)O. The van der Waals surface area contributed by atoms with Crippen LogP contribution in [-0.4, -0.2) is 19.5 Å². The monoisotopic (exact) mass is 266 g/mol. The summed E-state index contributed by atoms with van der Waals surface area (Å²) in [7, 11) is -4.24. The molecule has 5 nitrogen and oxygen atoms in total. The normalized spacial score (nSPS) is 13.7. The van der Waals surface area contributed by atoms with E-state index >= 15 is 0 Å². The van der Waals surface area contributed by atoms with Crippen LogP contribution < -0.4 is 11.5 Å². The molecule has 0 amide bonds. The number of fused-ring (bicyclic) bond motifs is 1. The van der Waals surface area contributed by atoms with E-state index in [2.05, 4.69) is 0 Å². The van der Waals surface area contributed by atoms with Crippen LogP contribution >= 0.6 is 0 Å². The van der Waals surface area contributed by atoms with Crippen molar-refractivity contribution in [3.05, 3.63) is 42.0 Å². The van der Waals surface area contributed by atoms with Crippen LogP contribution in [0.1, 0.15) is 10.8 Å². The first kappa shape index (κ1) is 12.8. The van der Waals surface area contributed by atoms with Crippen LogP contribution in [0.3, 0.4) is 0 Å². The lowest BCUT2D eigenvalue weighted by Gasteiger charge is -2.14. The lowest BCUT2D eigenvalue weighted by molar-refractivity contribution is 0.469. The molecule has 0 aliphatic carbocycles. The third-order valence-corrected chi connectivity index (χ3v) is 4.03. The molecule has 0 heterocycles. The summed E-state index contributed by atoms with van der Waals surface area (Å²) in [6.45, 7) is -0.188. The van der Waals surface area contributed by atoms with E-state index in [0.29, 0.717) is 16.6 Å². The van der Waals surface area contributed by atoms with E-state index in [1.54, 1.807) is 30.3 Å². The van der Waals surface area contributed by atoms with Crippen molar-refractivity contribution in [3.8, 4) is 0 Å². The van der Waals surface area contributed by atoms with Gasteiger partial charge in [-0.1, -0.05) is 24.3 Å². The molecule has 0 aromatic heterocycles. The summed E-state index contributed by atoms with van der Waals surface area (Å²) >= 11 is 0. The van der Waals surface area contributed by atoms with Gasteiger partial charge in [-0.3, -0.25) is 4.55 Å². The second-order valence-corrected chi connectivity index (χ2v) is 5.67. The van der Waals surface area contributed by atoms with Gasteiger partial charge in [0.1, 0.15) is 5.25 Å². The summed E-state index contributed by atoms with van der Waals surface area (Å²) in [5.74, 6) is 0. The van der Waals surface area contributed by atoms with E-state index in [1.807, 2.05) is 6.07 Å². The van der Waals surface area contributed by atoms with E-state index < -0.39 is 15.4 Å². The minimum Gasteiger partial charge on any atom is -0.399 e. The summed E-state index contributed by atoms with van der Waals surface area (Å²) < 4.78 is 31.9. The van der Waals surface area contributed by atoms with Crippen molar-refractivity contribution in [3.63, 3.8) is 0 Å². The summed E-state index contributed by atoms with van der Waals surface area (Å²) in [6, 6.07) is 10.4.